The van der Waals surface area contributed by atoms with E-state index in [4.69, 9.17) is 4.74 Å². The van der Waals surface area contributed by atoms with Gasteiger partial charge in [0.05, 0.1) is 12.5 Å². The van der Waals surface area contributed by atoms with Gasteiger partial charge in [-0.05, 0) is 42.0 Å². The Bertz CT molecular complexity index is 1060. The van der Waals surface area contributed by atoms with Gasteiger partial charge in [-0.15, -0.1) is 11.3 Å². The second-order valence-electron chi connectivity index (χ2n) is 6.35. The highest BCUT2D eigenvalue weighted by Gasteiger charge is 2.13. The monoisotopic (exact) mass is 376 g/mol. The van der Waals surface area contributed by atoms with E-state index in [1.54, 1.807) is 24.8 Å². The van der Waals surface area contributed by atoms with Gasteiger partial charge in [-0.3, -0.25) is 0 Å². The van der Waals surface area contributed by atoms with E-state index in [1.807, 2.05) is 26.2 Å². The zero-order valence-electron chi connectivity index (χ0n) is 15.4. The molecule has 0 saturated carbocycles. The molecule has 0 atom stereocenters. The second-order valence-corrected chi connectivity index (χ2v) is 7.20. The van der Waals surface area contributed by atoms with Gasteiger partial charge in [0.1, 0.15) is 22.7 Å². The molecule has 0 unspecified atom stereocenters. The lowest BCUT2D eigenvalue weighted by atomic mass is 10.1. The molecule has 0 bridgehead atoms. The molecule has 0 amide bonds. The third-order valence-electron chi connectivity index (χ3n) is 4.42. The first kappa shape index (κ1) is 17.3. The molecule has 2 aromatic carbocycles. The van der Waals surface area contributed by atoms with Crippen molar-refractivity contribution in [2.75, 3.05) is 31.4 Å². The van der Waals surface area contributed by atoms with Crippen LogP contribution < -0.4 is 15.0 Å². The highest BCUT2D eigenvalue weighted by Crippen LogP contribution is 2.38. The molecular formula is C21H20N4OS. The molecular weight excluding hydrogens is 356 g/mol. The summed E-state index contributed by atoms with van der Waals surface area (Å²) in [6.07, 6.45) is 1.60. The second kappa shape index (κ2) is 7.25. The molecule has 0 spiro atoms. The zero-order valence-corrected chi connectivity index (χ0v) is 16.2. The van der Waals surface area contributed by atoms with Gasteiger partial charge < -0.3 is 15.0 Å². The van der Waals surface area contributed by atoms with E-state index < -0.39 is 0 Å². The fraction of sp³-hybridized carbons (Fsp3) is 0.143. The van der Waals surface area contributed by atoms with Gasteiger partial charge in [0, 0.05) is 36.4 Å². The van der Waals surface area contributed by atoms with Crippen molar-refractivity contribution in [1.82, 2.24) is 9.97 Å². The molecule has 0 aliphatic carbocycles. The number of methoxy groups -OCH3 is 1. The first-order chi connectivity index (χ1) is 13.2. The standard InChI is InChI=1S/C21H20N4OS/c1-25(2)16-8-6-15(7-9-16)24-20-19-18(12-27-21(19)23-13-22-20)14-4-10-17(26-3)11-5-14/h4-13H,1-3H3,(H,22,23,24). The number of ether oxygens (including phenoxy) is 1. The number of hydrogen-bond donors (Lipinski definition) is 1. The van der Waals surface area contributed by atoms with E-state index in [2.05, 4.69) is 62.0 Å². The molecule has 0 aliphatic heterocycles. The Morgan fingerprint density at radius 1 is 0.963 bits per heavy atom. The molecule has 5 nitrogen and oxygen atoms in total. The lowest BCUT2D eigenvalue weighted by Gasteiger charge is -2.13. The van der Waals surface area contributed by atoms with Crippen molar-refractivity contribution in [1.29, 1.82) is 0 Å². The third-order valence-corrected chi connectivity index (χ3v) is 5.30. The van der Waals surface area contributed by atoms with Crippen molar-refractivity contribution < 1.29 is 4.74 Å². The van der Waals surface area contributed by atoms with Crippen molar-refractivity contribution in [2.24, 2.45) is 0 Å². The Kier molecular flexibility index (Phi) is 4.64. The SMILES string of the molecule is COc1ccc(-c2csc3ncnc(Nc4ccc(N(C)C)cc4)c23)cc1. The van der Waals surface area contributed by atoms with Crippen LogP contribution in [0.1, 0.15) is 0 Å². The third kappa shape index (κ3) is 3.44. The van der Waals surface area contributed by atoms with Crippen LogP contribution in [0.5, 0.6) is 5.75 Å². The van der Waals surface area contributed by atoms with Gasteiger partial charge in [0.2, 0.25) is 0 Å². The van der Waals surface area contributed by atoms with Crippen LogP contribution in [0, 0.1) is 0 Å². The smallest absolute Gasteiger partial charge is 0.143 e. The van der Waals surface area contributed by atoms with Crippen molar-refractivity contribution in [3.05, 3.63) is 60.2 Å². The topological polar surface area (TPSA) is 50.3 Å². The molecule has 0 saturated heterocycles. The molecule has 0 aliphatic rings. The maximum atomic E-state index is 5.27. The Hall–Kier alpha value is -3.12. The van der Waals surface area contributed by atoms with E-state index in [9.17, 15) is 0 Å². The number of aromatic nitrogens is 2. The molecule has 4 rings (SSSR count). The molecule has 4 aromatic rings. The van der Waals surface area contributed by atoms with E-state index >= 15 is 0 Å². The van der Waals surface area contributed by atoms with Crippen LogP contribution in [0.15, 0.2) is 60.2 Å². The minimum absolute atomic E-state index is 0.810. The number of rotatable bonds is 5. The number of nitrogens with one attached hydrogen (secondary N) is 1. The van der Waals surface area contributed by atoms with E-state index in [0.717, 1.165) is 44.3 Å². The van der Waals surface area contributed by atoms with Gasteiger partial charge in [-0.1, -0.05) is 12.1 Å². The average Bonchev–Trinajstić information content (AvgIpc) is 3.14. The summed E-state index contributed by atoms with van der Waals surface area (Å²) in [5, 5.41) is 6.60. The van der Waals surface area contributed by atoms with Crippen LogP contribution in [0.4, 0.5) is 17.2 Å². The largest absolute Gasteiger partial charge is 0.497 e. The van der Waals surface area contributed by atoms with Crippen LogP contribution in [0.3, 0.4) is 0 Å². The predicted molar refractivity (Wildman–Crippen MR) is 113 cm³/mol. The fourth-order valence-corrected chi connectivity index (χ4v) is 3.85. The highest BCUT2D eigenvalue weighted by atomic mass is 32.1. The number of fused-ring (bicyclic) bond motifs is 1. The number of benzene rings is 2. The van der Waals surface area contributed by atoms with Gasteiger partial charge in [0.15, 0.2) is 0 Å². The maximum absolute atomic E-state index is 5.27. The first-order valence-electron chi connectivity index (χ1n) is 8.57. The summed E-state index contributed by atoms with van der Waals surface area (Å²) in [6.45, 7) is 0. The minimum atomic E-state index is 0.810. The summed E-state index contributed by atoms with van der Waals surface area (Å²) in [4.78, 5) is 12.0. The summed E-state index contributed by atoms with van der Waals surface area (Å²) in [5.41, 5.74) is 4.38. The molecule has 2 aromatic heterocycles. The van der Waals surface area contributed by atoms with Crippen LogP contribution in [-0.2, 0) is 0 Å². The first-order valence-corrected chi connectivity index (χ1v) is 9.44. The zero-order chi connectivity index (χ0) is 18.8. The molecule has 0 radical (unpaired) electrons. The van der Waals surface area contributed by atoms with Crippen LogP contribution >= 0.6 is 11.3 Å². The van der Waals surface area contributed by atoms with E-state index in [0.29, 0.717) is 0 Å². The average molecular weight is 376 g/mol. The van der Waals surface area contributed by atoms with Crippen LogP contribution in [-0.4, -0.2) is 31.2 Å². The van der Waals surface area contributed by atoms with Crippen molar-refractivity contribution >= 4 is 38.7 Å². The summed E-state index contributed by atoms with van der Waals surface area (Å²) in [6, 6.07) is 16.3. The number of hydrogen-bond acceptors (Lipinski definition) is 6. The molecule has 2 heterocycles. The van der Waals surface area contributed by atoms with E-state index in [1.165, 1.54) is 0 Å². The Morgan fingerprint density at radius 3 is 2.37 bits per heavy atom. The summed E-state index contributed by atoms with van der Waals surface area (Å²) < 4.78 is 5.27. The van der Waals surface area contributed by atoms with Crippen LogP contribution in [0.2, 0.25) is 0 Å². The van der Waals surface area contributed by atoms with Gasteiger partial charge >= 0.3 is 0 Å². The molecule has 136 valence electrons. The molecule has 0 fully saturated rings. The van der Waals surface area contributed by atoms with Crippen molar-refractivity contribution in [3.63, 3.8) is 0 Å². The normalized spacial score (nSPS) is 10.8. The number of thiophene rings is 1. The minimum Gasteiger partial charge on any atom is -0.497 e. The fourth-order valence-electron chi connectivity index (χ4n) is 2.93. The summed E-state index contributed by atoms with van der Waals surface area (Å²) in [5.74, 6) is 1.65. The lowest BCUT2D eigenvalue weighted by Crippen LogP contribution is -2.08. The predicted octanol–water partition coefficient (Wildman–Crippen LogP) is 5.18. The maximum Gasteiger partial charge on any atom is 0.143 e. The van der Waals surface area contributed by atoms with Gasteiger partial charge in [0.25, 0.3) is 0 Å². The van der Waals surface area contributed by atoms with Crippen LogP contribution in [0.25, 0.3) is 21.3 Å². The summed E-state index contributed by atoms with van der Waals surface area (Å²) in [7, 11) is 5.73. The van der Waals surface area contributed by atoms with E-state index in [-0.39, 0.29) is 0 Å². The highest BCUT2D eigenvalue weighted by molar-refractivity contribution is 7.17. The quantitative estimate of drug-likeness (QED) is 0.520. The van der Waals surface area contributed by atoms with Gasteiger partial charge in [-0.25, -0.2) is 9.97 Å². The Morgan fingerprint density at radius 2 is 1.70 bits per heavy atom. The number of anilines is 3. The Labute approximate surface area is 162 Å². The number of nitrogens with zero attached hydrogens (tertiary/aromatic N) is 3. The van der Waals surface area contributed by atoms with Crippen molar-refractivity contribution in [2.45, 2.75) is 0 Å². The Balaban J connectivity index is 1.73. The summed E-state index contributed by atoms with van der Waals surface area (Å²) >= 11 is 1.62. The lowest BCUT2D eigenvalue weighted by molar-refractivity contribution is 0.415. The van der Waals surface area contributed by atoms with Gasteiger partial charge in [-0.2, -0.15) is 0 Å². The molecule has 27 heavy (non-hydrogen) atoms. The van der Waals surface area contributed by atoms with Crippen molar-refractivity contribution in [3.8, 4) is 16.9 Å². The molecule has 6 heteroatoms. The molecule has 1 N–H and O–H groups in total.